The molecule has 0 saturated heterocycles. The van der Waals surface area contributed by atoms with Crippen molar-refractivity contribution in [2.24, 2.45) is 11.8 Å². The monoisotopic (exact) mass is 477 g/mol. The Hall–Kier alpha value is -2.74. The van der Waals surface area contributed by atoms with Crippen LogP contribution in [-0.4, -0.2) is 48.5 Å². The average Bonchev–Trinajstić information content (AvgIpc) is 3.52. The summed E-state index contributed by atoms with van der Waals surface area (Å²) in [5.74, 6) is 1.72. The summed E-state index contributed by atoms with van der Waals surface area (Å²) >= 11 is 6.19. The maximum Gasteiger partial charge on any atom is 0.145 e. The van der Waals surface area contributed by atoms with E-state index in [4.69, 9.17) is 16.6 Å². The molecule has 3 aromatic heterocycles. The molecule has 2 fully saturated rings. The second-order valence-corrected chi connectivity index (χ2v) is 10.1. The summed E-state index contributed by atoms with van der Waals surface area (Å²) in [6, 6.07) is 12.2. The minimum Gasteiger partial charge on any atom is -0.390 e. The van der Waals surface area contributed by atoms with Crippen molar-refractivity contribution in [2.45, 2.75) is 50.4 Å². The van der Waals surface area contributed by atoms with E-state index < -0.39 is 12.2 Å². The number of hydrogen-bond acceptors (Lipinski definition) is 6. The Balaban J connectivity index is 1.15. The van der Waals surface area contributed by atoms with E-state index in [1.54, 1.807) is 0 Å². The Labute approximate surface area is 202 Å². The second-order valence-electron chi connectivity index (χ2n) is 9.76. The van der Waals surface area contributed by atoms with Crippen LogP contribution in [-0.2, 0) is 6.42 Å². The molecule has 34 heavy (non-hydrogen) atoms. The normalized spacial score (nSPS) is 24.8. The summed E-state index contributed by atoms with van der Waals surface area (Å²) in [6.45, 7) is 0.996. The van der Waals surface area contributed by atoms with E-state index >= 15 is 0 Å². The van der Waals surface area contributed by atoms with Gasteiger partial charge in [-0.25, -0.2) is 15.0 Å². The van der Waals surface area contributed by atoms with Gasteiger partial charge in [-0.15, -0.1) is 0 Å². The molecule has 2 saturated carbocycles. The van der Waals surface area contributed by atoms with Gasteiger partial charge in [0.05, 0.1) is 23.0 Å². The Morgan fingerprint density at radius 1 is 1.06 bits per heavy atom. The lowest BCUT2D eigenvalue weighted by Crippen LogP contribution is -2.29. The molecule has 0 radical (unpaired) electrons. The van der Waals surface area contributed by atoms with Gasteiger partial charge in [0.15, 0.2) is 0 Å². The number of pyridine rings is 1. The van der Waals surface area contributed by atoms with E-state index in [2.05, 4.69) is 39.6 Å². The zero-order valence-corrected chi connectivity index (χ0v) is 19.6. The summed E-state index contributed by atoms with van der Waals surface area (Å²) in [5, 5.41) is 27.4. The largest absolute Gasteiger partial charge is 0.390 e. The molecule has 0 unspecified atom stereocenters. The average molecular weight is 478 g/mol. The Bertz CT molecular complexity index is 1340. The summed E-state index contributed by atoms with van der Waals surface area (Å²) < 4.78 is 1.92. The third-order valence-electron chi connectivity index (χ3n) is 7.42. The SMILES string of the molecule is O[C@@H]1[C@@H](CCc2ccc3ccc(NCC4CC4)nc3c2)C[C@@H](n2ccc3c(Cl)ncnc32)[C@@H]1O. The van der Waals surface area contributed by atoms with E-state index in [-0.39, 0.29) is 12.0 Å². The fraction of sp³-hybridized carbons (Fsp3) is 0.423. The van der Waals surface area contributed by atoms with Gasteiger partial charge in [0.1, 0.15) is 29.0 Å². The topological polar surface area (TPSA) is 96.1 Å². The van der Waals surface area contributed by atoms with Crippen molar-refractivity contribution in [1.82, 2.24) is 19.5 Å². The number of anilines is 1. The highest BCUT2D eigenvalue weighted by molar-refractivity contribution is 6.33. The van der Waals surface area contributed by atoms with Gasteiger partial charge in [-0.2, -0.15) is 0 Å². The molecule has 7 nitrogen and oxygen atoms in total. The molecular formula is C26H28ClN5O2. The maximum absolute atomic E-state index is 10.8. The highest BCUT2D eigenvalue weighted by Gasteiger charge is 2.42. The lowest BCUT2D eigenvalue weighted by molar-refractivity contribution is 0.00545. The molecule has 0 spiro atoms. The van der Waals surface area contributed by atoms with Crippen molar-refractivity contribution >= 4 is 39.4 Å². The first-order valence-electron chi connectivity index (χ1n) is 12.0. The highest BCUT2D eigenvalue weighted by atomic mass is 35.5. The predicted octanol–water partition coefficient (Wildman–Crippen LogP) is 4.37. The van der Waals surface area contributed by atoms with Crippen molar-refractivity contribution in [1.29, 1.82) is 0 Å². The Morgan fingerprint density at radius 3 is 2.76 bits per heavy atom. The second kappa shape index (κ2) is 8.80. The zero-order valence-electron chi connectivity index (χ0n) is 18.8. The smallest absolute Gasteiger partial charge is 0.145 e. The van der Waals surface area contributed by atoms with Crippen molar-refractivity contribution < 1.29 is 10.2 Å². The number of nitrogens with one attached hydrogen (secondary N) is 1. The third-order valence-corrected chi connectivity index (χ3v) is 7.72. The Kier molecular flexibility index (Phi) is 5.63. The predicted molar refractivity (Wildman–Crippen MR) is 133 cm³/mol. The molecule has 0 aliphatic heterocycles. The van der Waals surface area contributed by atoms with Gasteiger partial charge in [-0.3, -0.25) is 0 Å². The molecule has 8 heteroatoms. The van der Waals surface area contributed by atoms with Crippen LogP contribution in [0, 0.1) is 11.8 Å². The molecule has 2 aliphatic rings. The van der Waals surface area contributed by atoms with Crippen LogP contribution in [0.5, 0.6) is 0 Å². The molecule has 6 rings (SSSR count). The summed E-state index contributed by atoms with van der Waals surface area (Å²) in [7, 11) is 0. The minimum absolute atomic E-state index is 0.00930. The van der Waals surface area contributed by atoms with Gasteiger partial charge in [0.25, 0.3) is 0 Å². The van der Waals surface area contributed by atoms with Gasteiger partial charge in [0.2, 0.25) is 0 Å². The zero-order chi connectivity index (χ0) is 23.2. The lowest BCUT2D eigenvalue weighted by atomic mass is 9.95. The van der Waals surface area contributed by atoms with Crippen molar-refractivity contribution in [3.05, 3.63) is 59.6 Å². The number of aromatic nitrogens is 4. The standard InChI is InChI=1S/C26H28ClN5O2/c27-25-19-9-10-32(26(19)30-14-29-25)21-12-18(23(33)24(21)34)6-4-15-3-5-17-7-8-22(31-20(17)11-15)28-13-16-1-2-16/h3,5,7-11,14,16,18,21,23-24,33-34H,1-2,4,6,12-13H2,(H,28,31)/t18-,21+,23+,24-/m0/s1. The number of nitrogens with zero attached hydrogens (tertiary/aromatic N) is 4. The quantitative estimate of drug-likeness (QED) is 0.342. The molecule has 176 valence electrons. The van der Waals surface area contributed by atoms with Crippen LogP contribution >= 0.6 is 11.6 Å². The van der Waals surface area contributed by atoms with Crippen LogP contribution in [0.4, 0.5) is 5.82 Å². The number of fused-ring (bicyclic) bond motifs is 2. The van der Waals surface area contributed by atoms with Gasteiger partial charge in [-0.1, -0.05) is 23.7 Å². The third kappa shape index (κ3) is 4.13. The van der Waals surface area contributed by atoms with Crippen molar-refractivity contribution in [3.8, 4) is 0 Å². The molecular weight excluding hydrogens is 450 g/mol. The number of aliphatic hydroxyl groups is 2. The first kappa shape index (κ1) is 21.8. The Morgan fingerprint density at radius 2 is 1.91 bits per heavy atom. The van der Waals surface area contributed by atoms with Crippen LogP contribution in [0.25, 0.3) is 21.9 Å². The van der Waals surface area contributed by atoms with Crippen LogP contribution in [0.3, 0.4) is 0 Å². The van der Waals surface area contributed by atoms with E-state index in [1.807, 2.05) is 22.9 Å². The number of aryl methyl sites for hydroxylation is 1. The molecule has 1 aromatic carbocycles. The van der Waals surface area contributed by atoms with Gasteiger partial charge in [-0.05, 0) is 73.8 Å². The number of hydrogen-bond donors (Lipinski definition) is 3. The number of benzene rings is 1. The molecule has 4 atom stereocenters. The first-order chi connectivity index (χ1) is 16.6. The molecule has 3 N–H and O–H groups in total. The fourth-order valence-corrected chi connectivity index (χ4v) is 5.40. The lowest BCUT2D eigenvalue weighted by Gasteiger charge is -2.19. The molecule has 3 heterocycles. The number of aliphatic hydroxyl groups excluding tert-OH is 2. The fourth-order valence-electron chi connectivity index (χ4n) is 5.21. The van der Waals surface area contributed by atoms with Crippen LogP contribution in [0.15, 0.2) is 48.9 Å². The van der Waals surface area contributed by atoms with E-state index in [0.29, 0.717) is 17.2 Å². The van der Waals surface area contributed by atoms with Crippen molar-refractivity contribution in [3.63, 3.8) is 0 Å². The number of rotatable bonds is 7. The van der Waals surface area contributed by atoms with E-state index in [9.17, 15) is 10.2 Å². The summed E-state index contributed by atoms with van der Waals surface area (Å²) in [5.41, 5.74) is 2.86. The van der Waals surface area contributed by atoms with Gasteiger partial charge in [0, 0.05) is 18.1 Å². The molecule has 0 bridgehead atoms. The number of halogens is 1. The van der Waals surface area contributed by atoms with Gasteiger partial charge < -0.3 is 20.1 Å². The summed E-state index contributed by atoms with van der Waals surface area (Å²) in [6.07, 6.45) is 6.58. The van der Waals surface area contributed by atoms with E-state index in [1.165, 1.54) is 24.7 Å². The molecule has 4 aromatic rings. The van der Waals surface area contributed by atoms with Gasteiger partial charge >= 0.3 is 0 Å². The molecule has 2 aliphatic carbocycles. The molecule has 0 amide bonds. The highest BCUT2D eigenvalue weighted by Crippen LogP contribution is 2.40. The maximum atomic E-state index is 10.8. The summed E-state index contributed by atoms with van der Waals surface area (Å²) in [4.78, 5) is 13.2. The first-order valence-corrected chi connectivity index (χ1v) is 12.4. The van der Waals surface area contributed by atoms with E-state index in [0.717, 1.165) is 47.4 Å². The van der Waals surface area contributed by atoms with Crippen LogP contribution in [0.2, 0.25) is 5.15 Å². The minimum atomic E-state index is -0.854. The van der Waals surface area contributed by atoms with Crippen LogP contribution < -0.4 is 5.32 Å². The van der Waals surface area contributed by atoms with Crippen LogP contribution in [0.1, 0.15) is 37.3 Å². The van der Waals surface area contributed by atoms with Crippen molar-refractivity contribution in [2.75, 3.05) is 11.9 Å².